The zero-order chi connectivity index (χ0) is 15.7. The first-order chi connectivity index (χ1) is 9.81. The fourth-order valence-corrected chi connectivity index (χ4v) is 2.97. The van der Waals surface area contributed by atoms with Gasteiger partial charge in [-0.3, -0.25) is 10.1 Å². The van der Waals surface area contributed by atoms with Crippen LogP contribution >= 0.6 is 11.6 Å². The van der Waals surface area contributed by atoms with Crippen LogP contribution in [0.3, 0.4) is 0 Å². The molecule has 1 heterocycles. The number of anilines is 1. The summed E-state index contributed by atoms with van der Waals surface area (Å²) in [5.74, 6) is -0.236. The van der Waals surface area contributed by atoms with E-state index >= 15 is 0 Å². The van der Waals surface area contributed by atoms with E-state index in [2.05, 4.69) is 13.8 Å². The molecule has 7 heteroatoms. The number of carboxylic acid groups (broad SMARTS) is 1. The van der Waals surface area contributed by atoms with E-state index < -0.39 is 10.9 Å². The van der Waals surface area contributed by atoms with Gasteiger partial charge in [-0.25, -0.2) is 4.79 Å². The zero-order valence-electron chi connectivity index (χ0n) is 11.9. The lowest BCUT2D eigenvalue weighted by Crippen LogP contribution is -2.39. The molecule has 1 aliphatic heterocycles. The summed E-state index contributed by atoms with van der Waals surface area (Å²) in [4.78, 5) is 23.6. The maximum atomic E-state index is 11.4. The van der Waals surface area contributed by atoms with Gasteiger partial charge in [0.2, 0.25) is 0 Å². The monoisotopic (exact) mass is 312 g/mol. The van der Waals surface area contributed by atoms with Crippen LogP contribution in [0, 0.1) is 22.0 Å². The summed E-state index contributed by atoms with van der Waals surface area (Å²) >= 11 is 6.13. The first-order valence-electron chi connectivity index (χ1n) is 6.77. The van der Waals surface area contributed by atoms with Crippen LogP contribution in [0.1, 0.15) is 30.6 Å². The van der Waals surface area contributed by atoms with Gasteiger partial charge in [0.15, 0.2) is 0 Å². The van der Waals surface area contributed by atoms with Crippen molar-refractivity contribution in [2.75, 3.05) is 18.0 Å². The lowest BCUT2D eigenvalue weighted by Gasteiger charge is -2.37. The molecule has 1 aromatic rings. The number of benzene rings is 1. The lowest BCUT2D eigenvalue weighted by molar-refractivity contribution is -0.384. The second-order valence-electron chi connectivity index (χ2n) is 5.58. The molecule has 21 heavy (non-hydrogen) atoms. The van der Waals surface area contributed by atoms with Crippen molar-refractivity contribution in [1.29, 1.82) is 0 Å². The minimum Gasteiger partial charge on any atom is -0.478 e. The molecule has 1 aromatic carbocycles. The summed E-state index contributed by atoms with van der Waals surface area (Å²) in [5.41, 5.74) is -0.0379. The molecule has 2 unspecified atom stereocenters. The smallest absolute Gasteiger partial charge is 0.338 e. The number of rotatable bonds is 3. The van der Waals surface area contributed by atoms with E-state index in [-0.39, 0.29) is 16.3 Å². The van der Waals surface area contributed by atoms with E-state index in [4.69, 9.17) is 11.6 Å². The largest absolute Gasteiger partial charge is 0.478 e. The van der Waals surface area contributed by atoms with Crippen molar-refractivity contribution in [3.63, 3.8) is 0 Å². The predicted octanol–water partition coefficient (Wildman–Crippen LogP) is 3.43. The number of non-ortho nitro benzene ring substituents is 1. The topological polar surface area (TPSA) is 83.7 Å². The Morgan fingerprint density at radius 1 is 1.43 bits per heavy atom. The second kappa shape index (κ2) is 5.89. The maximum Gasteiger partial charge on any atom is 0.338 e. The highest BCUT2D eigenvalue weighted by Crippen LogP contribution is 2.37. The first kappa shape index (κ1) is 15.6. The molecular formula is C14H17ClN2O4. The molecule has 0 aromatic heterocycles. The molecule has 1 saturated heterocycles. The van der Waals surface area contributed by atoms with Gasteiger partial charge in [0.1, 0.15) is 0 Å². The number of carbonyl (C=O) groups is 1. The standard InChI is InChI=1S/C14H17ClN2O4/c1-8-3-4-16(7-9(8)2)13-11(14(18)19)5-10(17(20)21)6-12(13)15/h5-6,8-9H,3-4,7H2,1-2H3,(H,18,19). The Morgan fingerprint density at radius 3 is 2.62 bits per heavy atom. The van der Waals surface area contributed by atoms with Gasteiger partial charge in [0, 0.05) is 25.2 Å². The third-order valence-corrected chi connectivity index (χ3v) is 4.43. The van der Waals surface area contributed by atoms with Crippen molar-refractivity contribution in [3.05, 3.63) is 32.8 Å². The normalized spacial score (nSPS) is 22.1. The molecule has 1 N–H and O–H groups in total. The van der Waals surface area contributed by atoms with E-state index in [0.717, 1.165) is 12.5 Å². The summed E-state index contributed by atoms with van der Waals surface area (Å²) in [6, 6.07) is 2.29. The average Bonchev–Trinajstić information content (AvgIpc) is 2.41. The summed E-state index contributed by atoms with van der Waals surface area (Å²) < 4.78 is 0. The van der Waals surface area contributed by atoms with Crippen molar-refractivity contribution in [1.82, 2.24) is 0 Å². The van der Waals surface area contributed by atoms with Gasteiger partial charge < -0.3 is 10.0 Å². The van der Waals surface area contributed by atoms with Crippen LogP contribution in [-0.2, 0) is 0 Å². The average molecular weight is 313 g/mol. The molecular weight excluding hydrogens is 296 g/mol. The molecule has 0 amide bonds. The summed E-state index contributed by atoms with van der Waals surface area (Å²) in [6.45, 7) is 5.66. The van der Waals surface area contributed by atoms with E-state index in [1.165, 1.54) is 6.07 Å². The van der Waals surface area contributed by atoms with E-state index in [9.17, 15) is 20.0 Å². The lowest BCUT2D eigenvalue weighted by atomic mass is 9.88. The van der Waals surface area contributed by atoms with Crippen LogP contribution < -0.4 is 4.90 Å². The van der Waals surface area contributed by atoms with E-state index in [1.807, 2.05) is 4.90 Å². The van der Waals surface area contributed by atoms with Crippen LogP contribution in [0.5, 0.6) is 0 Å². The van der Waals surface area contributed by atoms with Crippen LogP contribution in [-0.4, -0.2) is 29.1 Å². The molecule has 2 atom stereocenters. The van der Waals surface area contributed by atoms with Gasteiger partial charge in [0.25, 0.3) is 5.69 Å². The van der Waals surface area contributed by atoms with Crippen molar-refractivity contribution < 1.29 is 14.8 Å². The molecule has 0 saturated carbocycles. The number of piperidine rings is 1. The highest BCUT2D eigenvalue weighted by Gasteiger charge is 2.29. The molecule has 2 rings (SSSR count). The van der Waals surface area contributed by atoms with E-state index in [1.54, 1.807) is 0 Å². The Balaban J connectivity index is 2.47. The number of hydrogen-bond donors (Lipinski definition) is 1. The Bertz CT molecular complexity index is 591. The Hall–Kier alpha value is -1.82. The van der Waals surface area contributed by atoms with Crippen LogP contribution in [0.25, 0.3) is 0 Å². The maximum absolute atomic E-state index is 11.4. The molecule has 6 nitrogen and oxygen atoms in total. The quantitative estimate of drug-likeness (QED) is 0.683. The Kier molecular flexibility index (Phi) is 4.37. The van der Waals surface area contributed by atoms with Crippen LogP contribution in [0.15, 0.2) is 12.1 Å². The fourth-order valence-electron chi connectivity index (χ4n) is 2.64. The molecule has 1 fully saturated rings. The second-order valence-corrected chi connectivity index (χ2v) is 5.98. The third-order valence-electron chi connectivity index (χ3n) is 4.14. The van der Waals surface area contributed by atoms with Crippen LogP contribution in [0.4, 0.5) is 11.4 Å². The minimum atomic E-state index is -1.21. The van der Waals surface area contributed by atoms with E-state index in [0.29, 0.717) is 30.6 Å². The van der Waals surface area contributed by atoms with Crippen LogP contribution in [0.2, 0.25) is 5.02 Å². The summed E-state index contributed by atoms with van der Waals surface area (Å²) in [7, 11) is 0. The number of carboxylic acids is 1. The highest BCUT2D eigenvalue weighted by molar-refractivity contribution is 6.34. The zero-order valence-corrected chi connectivity index (χ0v) is 12.6. The number of nitro groups is 1. The third kappa shape index (κ3) is 3.10. The van der Waals surface area contributed by atoms with Gasteiger partial charge in [-0.1, -0.05) is 25.4 Å². The molecule has 114 valence electrons. The van der Waals surface area contributed by atoms with Gasteiger partial charge in [0.05, 0.1) is 21.2 Å². The van der Waals surface area contributed by atoms with Crippen molar-refractivity contribution in [3.8, 4) is 0 Å². The van der Waals surface area contributed by atoms with Crippen molar-refractivity contribution in [2.24, 2.45) is 11.8 Å². The molecule has 1 aliphatic rings. The number of nitro benzene ring substituents is 1. The summed E-state index contributed by atoms with van der Waals surface area (Å²) in [5, 5.41) is 20.3. The summed E-state index contributed by atoms with van der Waals surface area (Å²) in [6.07, 6.45) is 0.938. The van der Waals surface area contributed by atoms with Gasteiger partial charge in [-0.2, -0.15) is 0 Å². The first-order valence-corrected chi connectivity index (χ1v) is 7.15. The number of aromatic carboxylic acids is 1. The Morgan fingerprint density at radius 2 is 2.10 bits per heavy atom. The predicted molar refractivity (Wildman–Crippen MR) is 80.2 cm³/mol. The molecule has 0 bridgehead atoms. The number of halogens is 1. The Labute approximate surface area is 127 Å². The van der Waals surface area contributed by atoms with Gasteiger partial charge in [-0.15, -0.1) is 0 Å². The van der Waals surface area contributed by atoms with Gasteiger partial charge >= 0.3 is 5.97 Å². The highest BCUT2D eigenvalue weighted by atomic mass is 35.5. The molecule has 0 spiro atoms. The van der Waals surface area contributed by atoms with Crippen molar-refractivity contribution >= 4 is 28.9 Å². The molecule has 0 aliphatic carbocycles. The molecule has 0 radical (unpaired) electrons. The number of hydrogen-bond acceptors (Lipinski definition) is 4. The fraction of sp³-hybridized carbons (Fsp3) is 0.500. The SMILES string of the molecule is CC1CCN(c2c(Cl)cc([N+](=O)[O-])cc2C(=O)O)CC1C. The van der Waals surface area contributed by atoms with Gasteiger partial charge in [-0.05, 0) is 18.3 Å². The number of nitrogens with zero attached hydrogens (tertiary/aromatic N) is 2. The van der Waals surface area contributed by atoms with Crippen molar-refractivity contribution in [2.45, 2.75) is 20.3 Å². The minimum absolute atomic E-state index is 0.114.